The molecule has 0 aliphatic rings. The summed E-state index contributed by atoms with van der Waals surface area (Å²) in [5.41, 5.74) is -8.49. The molecule has 2 N–H and O–H groups in total. The molecule has 1 aromatic rings. The maximum atomic E-state index is 12.9. The maximum Gasteiger partial charge on any atom is 0.430 e. The summed E-state index contributed by atoms with van der Waals surface area (Å²) in [5.74, 6) is 0. The molecule has 0 aromatic heterocycles. The van der Waals surface area contributed by atoms with E-state index in [-0.39, 0.29) is 11.1 Å². The van der Waals surface area contributed by atoms with E-state index in [1.807, 2.05) is 0 Å². The fraction of sp³-hybridized carbons (Fsp3) is 0.429. The predicted molar refractivity (Wildman–Crippen MR) is 67.8 cm³/mol. The molecule has 0 atom stereocenters. The number of hydrogen-bond acceptors (Lipinski definition) is 2. The van der Waals surface area contributed by atoms with Crippen LogP contribution in [0.3, 0.4) is 0 Å². The topological polar surface area (TPSA) is 40.5 Å². The van der Waals surface area contributed by atoms with Crippen LogP contribution in [0.2, 0.25) is 0 Å². The quantitative estimate of drug-likeness (QED) is 0.827. The van der Waals surface area contributed by atoms with E-state index in [1.54, 1.807) is 0 Å². The Bertz CT molecular complexity index is 552. The third-order valence-electron chi connectivity index (χ3n) is 3.14. The molecular formula is C14H14F6O2. The zero-order valence-electron chi connectivity index (χ0n) is 11.7. The van der Waals surface area contributed by atoms with Gasteiger partial charge < -0.3 is 10.2 Å². The van der Waals surface area contributed by atoms with Crippen molar-refractivity contribution in [2.75, 3.05) is 0 Å². The average Bonchev–Trinajstić information content (AvgIpc) is 2.33. The Kier molecular flexibility index (Phi) is 4.44. The molecule has 0 heterocycles. The van der Waals surface area contributed by atoms with Crippen LogP contribution in [-0.2, 0) is 11.2 Å². The van der Waals surface area contributed by atoms with Crippen molar-refractivity contribution in [3.8, 4) is 0 Å². The molecule has 0 spiro atoms. The Morgan fingerprint density at radius 2 is 1.27 bits per heavy atom. The molecule has 1 rings (SSSR count). The smallest absolute Gasteiger partial charge is 0.386 e. The van der Waals surface area contributed by atoms with Gasteiger partial charge in [0.1, 0.15) is 0 Å². The van der Waals surface area contributed by atoms with Gasteiger partial charge in [-0.15, -0.1) is 0 Å². The zero-order valence-corrected chi connectivity index (χ0v) is 11.7. The zero-order chi connectivity index (χ0) is 17.6. The molecular weight excluding hydrogens is 314 g/mol. The third-order valence-corrected chi connectivity index (χ3v) is 3.14. The van der Waals surface area contributed by atoms with E-state index in [9.17, 15) is 36.6 Å². The van der Waals surface area contributed by atoms with Gasteiger partial charge >= 0.3 is 12.4 Å². The van der Waals surface area contributed by atoms with Gasteiger partial charge in [0.2, 0.25) is 0 Å². The summed E-state index contributed by atoms with van der Waals surface area (Å²) in [6, 6.07) is 2.20. The first-order valence-corrected chi connectivity index (χ1v) is 6.01. The molecule has 8 heteroatoms. The Balaban J connectivity index is 3.75. The van der Waals surface area contributed by atoms with E-state index in [4.69, 9.17) is 0 Å². The second-order valence-corrected chi connectivity index (χ2v) is 5.31. The van der Waals surface area contributed by atoms with Crippen molar-refractivity contribution in [2.45, 2.75) is 37.4 Å². The SMILES string of the molecule is C=Cc1cc(C(C)(C)O)cc(C(O)(C(F)(F)F)C(F)(F)F)c1. The van der Waals surface area contributed by atoms with Crippen LogP contribution in [0.1, 0.15) is 30.5 Å². The molecule has 124 valence electrons. The Labute approximate surface area is 122 Å². The third kappa shape index (κ3) is 3.12. The van der Waals surface area contributed by atoms with Gasteiger partial charge in [0.25, 0.3) is 5.60 Å². The monoisotopic (exact) mass is 328 g/mol. The summed E-state index contributed by atoms with van der Waals surface area (Å²) >= 11 is 0. The fourth-order valence-corrected chi connectivity index (χ4v) is 1.82. The number of benzene rings is 1. The molecule has 0 aliphatic heterocycles. The Morgan fingerprint density at radius 1 is 0.864 bits per heavy atom. The van der Waals surface area contributed by atoms with Crippen molar-refractivity contribution in [3.05, 3.63) is 41.5 Å². The Hall–Kier alpha value is -1.54. The highest BCUT2D eigenvalue weighted by Crippen LogP contribution is 2.50. The van der Waals surface area contributed by atoms with E-state index in [0.29, 0.717) is 12.1 Å². The van der Waals surface area contributed by atoms with Gasteiger partial charge in [0, 0.05) is 5.56 Å². The van der Waals surface area contributed by atoms with Crippen molar-refractivity contribution in [3.63, 3.8) is 0 Å². The molecule has 1 aromatic carbocycles. The molecule has 0 saturated heterocycles. The predicted octanol–water partition coefficient (Wildman–Crippen LogP) is 3.87. The van der Waals surface area contributed by atoms with E-state index in [2.05, 4.69) is 6.58 Å². The van der Waals surface area contributed by atoms with Crippen molar-refractivity contribution in [1.29, 1.82) is 0 Å². The van der Waals surface area contributed by atoms with Crippen molar-refractivity contribution in [2.24, 2.45) is 0 Å². The number of halogens is 6. The molecule has 2 nitrogen and oxygen atoms in total. The minimum atomic E-state index is -5.98. The summed E-state index contributed by atoms with van der Waals surface area (Å²) in [6.07, 6.45) is -10.9. The first kappa shape index (κ1) is 18.5. The van der Waals surface area contributed by atoms with Crippen LogP contribution in [0, 0.1) is 0 Å². The van der Waals surface area contributed by atoms with Crippen molar-refractivity contribution < 1.29 is 36.6 Å². The summed E-state index contributed by atoms with van der Waals surface area (Å²) in [6.45, 7) is 5.66. The van der Waals surface area contributed by atoms with Gasteiger partial charge in [-0.1, -0.05) is 12.7 Å². The van der Waals surface area contributed by atoms with Crippen molar-refractivity contribution >= 4 is 6.08 Å². The summed E-state index contributed by atoms with van der Waals surface area (Å²) in [4.78, 5) is 0. The molecule has 0 bridgehead atoms. The van der Waals surface area contributed by atoms with Gasteiger partial charge in [-0.05, 0) is 43.2 Å². The highest BCUT2D eigenvalue weighted by Gasteiger charge is 2.71. The molecule has 0 aliphatic carbocycles. The lowest BCUT2D eigenvalue weighted by molar-refractivity contribution is -0.376. The maximum absolute atomic E-state index is 12.9. The van der Waals surface area contributed by atoms with Gasteiger partial charge in [-0.3, -0.25) is 0 Å². The van der Waals surface area contributed by atoms with E-state index >= 15 is 0 Å². The van der Waals surface area contributed by atoms with Crippen molar-refractivity contribution in [1.82, 2.24) is 0 Å². The standard InChI is InChI=1S/C14H14F6O2/c1-4-8-5-9(11(2,3)21)7-10(6-8)12(22,13(15,16)17)14(18,19)20/h4-7,21-22H,1H2,2-3H3. The van der Waals surface area contributed by atoms with Gasteiger partial charge in [-0.25, -0.2) is 0 Å². The van der Waals surface area contributed by atoms with Crippen LogP contribution in [0.15, 0.2) is 24.8 Å². The summed E-state index contributed by atoms with van der Waals surface area (Å²) in [5, 5.41) is 19.2. The van der Waals surface area contributed by atoms with E-state index < -0.39 is 29.1 Å². The summed E-state index contributed by atoms with van der Waals surface area (Å²) in [7, 11) is 0. The minimum Gasteiger partial charge on any atom is -0.386 e. The van der Waals surface area contributed by atoms with E-state index in [0.717, 1.165) is 6.08 Å². The van der Waals surface area contributed by atoms with Crippen LogP contribution in [0.4, 0.5) is 26.3 Å². The van der Waals surface area contributed by atoms with Crippen LogP contribution in [-0.4, -0.2) is 22.6 Å². The highest BCUT2D eigenvalue weighted by molar-refractivity contribution is 5.52. The molecule has 0 amide bonds. The number of aliphatic hydroxyl groups is 2. The fourth-order valence-electron chi connectivity index (χ4n) is 1.82. The van der Waals surface area contributed by atoms with E-state index in [1.165, 1.54) is 19.9 Å². The number of hydrogen-bond donors (Lipinski definition) is 2. The summed E-state index contributed by atoms with van der Waals surface area (Å²) < 4.78 is 77.3. The van der Waals surface area contributed by atoms with Gasteiger partial charge in [-0.2, -0.15) is 26.3 Å². The van der Waals surface area contributed by atoms with Crippen LogP contribution < -0.4 is 0 Å². The molecule has 0 saturated carbocycles. The van der Waals surface area contributed by atoms with Gasteiger partial charge in [0.05, 0.1) is 5.60 Å². The average molecular weight is 328 g/mol. The first-order valence-electron chi connectivity index (χ1n) is 6.01. The lowest BCUT2D eigenvalue weighted by Gasteiger charge is -2.33. The van der Waals surface area contributed by atoms with Gasteiger partial charge in [0.15, 0.2) is 0 Å². The lowest BCUT2D eigenvalue weighted by atomic mass is 9.86. The molecule has 0 radical (unpaired) electrons. The first-order chi connectivity index (χ1) is 9.64. The largest absolute Gasteiger partial charge is 0.430 e. The normalized spacial score (nSPS) is 14.1. The minimum absolute atomic E-state index is 0.0958. The molecule has 0 fully saturated rings. The molecule has 0 unspecified atom stereocenters. The Morgan fingerprint density at radius 3 is 1.59 bits per heavy atom. The van der Waals surface area contributed by atoms with Crippen LogP contribution >= 0.6 is 0 Å². The second-order valence-electron chi connectivity index (χ2n) is 5.31. The van der Waals surface area contributed by atoms with Crippen LogP contribution in [0.25, 0.3) is 6.08 Å². The highest BCUT2D eigenvalue weighted by atomic mass is 19.4. The van der Waals surface area contributed by atoms with Crippen LogP contribution in [0.5, 0.6) is 0 Å². The number of alkyl halides is 6. The lowest BCUT2D eigenvalue weighted by Crippen LogP contribution is -2.54. The second kappa shape index (κ2) is 5.27. The number of rotatable bonds is 3. The molecule has 22 heavy (non-hydrogen) atoms.